The molecule has 0 N–H and O–H groups in total. The fourth-order valence-electron chi connectivity index (χ4n) is 0.790. The van der Waals surface area contributed by atoms with Crippen molar-refractivity contribution in [3.8, 4) is 0 Å². The van der Waals surface area contributed by atoms with Gasteiger partial charge in [-0.05, 0) is 18.2 Å². The lowest BCUT2D eigenvalue weighted by Gasteiger charge is -1.95. The first-order valence-corrected chi connectivity index (χ1v) is 4.23. The Bertz CT molecular complexity index is 268. The van der Waals surface area contributed by atoms with Crippen LogP contribution in [0.2, 0.25) is 0 Å². The molecule has 0 aliphatic rings. The Morgan fingerprint density at radius 3 is 3.00 bits per heavy atom. The van der Waals surface area contributed by atoms with Gasteiger partial charge >= 0.3 is 0 Å². The van der Waals surface area contributed by atoms with E-state index < -0.39 is 0 Å². The third-order valence-electron chi connectivity index (χ3n) is 1.39. The minimum Gasteiger partial charge on any atom is -0.294 e. The lowest BCUT2D eigenvalue weighted by Crippen LogP contribution is -1.95. The normalized spacial score (nSPS) is 9.64. The van der Waals surface area contributed by atoms with Gasteiger partial charge < -0.3 is 0 Å². The molecule has 1 nitrogen and oxygen atoms in total. The number of Topliss-reactive ketones (excluding diaryl/α,β-unsaturated/α-hetero) is 1. The quantitative estimate of drug-likeness (QED) is 0.689. The maximum atomic E-state index is 11.1. The summed E-state index contributed by atoms with van der Waals surface area (Å²) in [6, 6.07) is 8.26. The number of hydrogen-bond acceptors (Lipinski definition) is 1. The third kappa shape index (κ3) is 2.15. The van der Waals surface area contributed by atoms with E-state index in [0.717, 1.165) is 4.47 Å². The second-order valence-electron chi connectivity index (χ2n) is 2.20. The van der Waals surface area contributed by atoms with Gasteiger partial charge in [0, 0.05) is 16.5 Å². The van der Waals surface area contributed by atoms with Crippen molar-refractivity contribution >= 4 is 21.7 Å². The predicted octanol–water partition coefficient (Wildman–Crippen LogP) is 2.84. The maximum absolute atomic E-state index is 11.1. The van der Waals surface area contributed by atoms with Crippen LogP contribution < -0.4 is 0 Å². The summed E-state index contributed by atoms with van der Waals surface area (Å²) in [7, 11) is 0. The first-order chi connectivity index (χ1) is 5.24. The standard InChI is InChI=1S/C9H8BrO/c1-2-9(11)7-4-3-5-8(10)6-7/h3,5-6H,2H2,1H3. The highest BCUT2D eigenvalue weighted by atomic mass is 79.9. The number of rotatable bonds is 2. The van der Waals surface area contributed by atoms with E-state index in [9.17, 15) is 4.79 Å². The molecule has 0 bridgehead atoms. The lowest BCUT2D eigenvalue weighted by molar-refractivity contribution is 0.0988. The molecule has 0 aromatic heterocycles. The topological polar surface area (TPSA) is 17.1 Å². The summed E-state index contributed by atoms with van der Waals surface area (Å²) in [4.78, 5) is 11.1. The van der Waals surface area contributed by atoms with Crippen LogP contribution >= 0.6 is 15.9 Å². The van der Waals surface area contributed by atoms with Crippen molar-refractivity contribution in [2.45, 2.75) is 13.3 Å². The lowest BCUT2D eigenvalue weighted by atomic mass is 10.1. The summed E-state index contributed by atoms with van der Waals surface area (Å²) in [6.45, 7) is 1.84. The molecule has 1 aromatic carbocycles. The summed E-state index contributed by atoms with van der Waals surface area (Å²) in [5, 5.41) is 0. The zero-order valence-electron chi connectivity index (χ0n) is 6.23. The number of carbonyl (C=O) groups is 1. The Morgan fingerprint density at radius 2 is 2.45 bits per heavy atom. The highest BCUT2D eigenvalue weighted by Gasteiger charge is 2.01. The van der Waals surface area contributed by atoms with Crippen LogP contribution in [0.15, 0.2) is 22.7 Å². The van der Waals surface area contributed by atoms with Gasteiger partial charge in [-0.3, -0.25) is 4.79 Å². The largest absolute Gasteiger partial charge is 0.294 e. The van der Waals surface area contributed by atoms with Gasteiger partial charge in [-0.15, -0.1) is 0 Å². The summed E-state index contributed by atoms with van der Waals surface area (Å²) in [5.74, 6) is 0.131. The average Bonchev–Trinajstić information content (AvgIpc) is 2.03. The zero-order valence-corrected chi connectivity index (χ0v) is 7.81. The summed E-state index contributed by atoms with van der Waals surface area (Å²) < 4.78 is 0.924. The van der Waals surface area contributed by atoms with Crippen molar-refractivity contribution in [3.63, 3.8) is 0 Å². The molecule has 1 radical (unpaired) electrons. The zero-order chi connectivity index (χ0) is 8.27. The molecule has 11 heavy (non-hydrogen) atoms. The molecular formula is C9H8BrO. The first kappa shape index (κ1) is 8.47. The first-order valence-electron chi connectivity index (χ1n) is 3.44. The molecule has 0 amide bonds. The fourth-order valence-corrected chi connectivity index (χ4v) is 1.15. The molecule has 0 unspecified atom stereocenters. The van der Waals surface area contributed by atoms with Crippen LogP contribution in [0.25, 0.3) is 0 Å². The van der Waals surface area contributed by atoms with Crippen molar-refractivity contribution in [1.82, 2.24) is 0 Å². The minimum absolute atomic E-state index is 0.131. The number of halogens is 1. The van der Waals surface area contributed by atoms with Gasteiger partial charge in [0.05, 0.1) is 0 Å². The van der Waals surface area contributed by atoms with Crippen molar-refractivity contribution in [1.29, 1.82) is 0 Å². The molecule has 0 saturated carbocycles. The van der Waals surface area contributed by atoms with E-state index in [1.807, 2.05) is 13.0 Å². The molecule has 0 fully saturated rings. The molecule has 0 aliphatic carbocycles. The molecule has 0 spiro atoms. The maximum Gasteiger partial charge on any atom is 0.163 e. The average molecular weight is 212 g/mol. The van der Waals surface area contributed by atoms with Crippen LogP contribution in [0.4, 0.5) is 0 Å². The van der Waals surface area contributed by atoms with Crippen LogP contribution in [0, 0.1) is 6.07 Å². The molecule has 0 saturated heterocycles. The van der Waals surface area contributed by atoms with E-state index in [2.05, 4.69) is 22.0 Å². The van der Waals surface area contributed by atoms with Gasteiger partial charge in [-0.25, -0.2) is 0 Å². The smallest absolute Gasteiger partial charge is 0.163 e. The molecule has 57 valence electrons. The van der Waals surface area contributed by atoms with Crippen LogP contribution in [0.1, 0.15) is 23.7 Å². The molecule has 0 heterocycles. The Hall–Kier alpha value is -0.630. The van der Waals surface area contributed by atoms with Gasteiger partial charge in [0.25, 0.3) is 0 Å². The molecule has 0 aliphatic heterocycles. The van der Waals surface area contributed by atoms with Crippen molar-refractivity contribution in [3.05, 3.63) is 34.3 Å². The van der Waals surface area contributed by atoms with Gasteiger partial charge in [0.2, 0.25) is 0 Å². The van der Waals surface area contributed by atoms with E-state index in [1.54, 1.807) is 12.1 Å². The second kappa shape index (κ2) is 3.67. The van der Waals surface area contributed by atoms with Crippen LogP contribution in [-0.2, 0) is 0 Å². The number of benzene rings is 1. The van der Waals surface area contributed by atoms with E-state index in [1.165, 1.54) is 0 Å². The summed E-state index contributed by atoms with van der Waals surface area (Å²) in [6.07, 6.45) is 0.535. The molecule has 1 aromatic rings. The van der Waals surface area contributed by atoms with Crippen molar-refractivity contribution in [2.24, 2.45) is 0 Å². The molecule has 2 heteroatoms. The number of carbonyl (C=O) groups excluding carboxylic acids is 1. The molecule has 1 rings (SSSR count). The van der Waals surface area contributed by atoms with Crippen LogP contribution in [0.5, 0.6) is 0 Å². The third-order valence-corrected chi connectivity index (χ3v) is 1.88. The Kier molecular flexibility index (Phi) is 2.83. The summed E-state index contributed by atoms with van der Waals surface area (Å²) >= 11 is 3.29. The fraction of sp³-hybridized carbons (Fsp3) is 0.222. The van der Waals surface area contributed by atoms with E-state index in [0.29, 0.717) is 12.0 Å². The molecule has 0 atom stereocenters. The van der Waals surface area contributed by atoms with Gasteiger partial charge in [-0.2, -0.15) is 0 Å². The number of hydrogen-bond donors (Lipinski definition) is 0. The monoisotopic (exact) mass is 211 g/mol. The minimum atomic E-state index is 0.131. The van der Waals surface area contributed by atoms with Crippen molar-refractivity contribution < 1.29 is 4.79 Å². The number of ketones is 1. The summed E-state index contributed by atoms with van der Waals surface area (Å²) in [5.41, 5.74) is 0.655. The second-order valence-corrected chi connectivity index (χ2v) is 3.11. The van der Waals surface area contributed by atoms with Crippen LogP contribution in [-0.4, -0.2) is 5.78 Å². The molecular weight excluding hydrogens is 204 g/mol. The highest BCUT2D eigenvalue weighted by molar-refractivity contribution is 9.10. The van der Waals surface area contributed by atoms with E-state index in [-0.39, 0.29) is 5.78 Å². The highest BCUT2D eigenvalue weighted by Crippen LogP contribution is 2.12. The van der Waals surface area contributed by atoms with Crippen LogP contribution in [0.3, 0.4) is 0 Å². The van der Waals surface area contributed by atoms with Crippen molar-refractivity contribution in [2.75, 3.05) is 0 Å². The Labute approximate surface area is 74.6 Å². The van der Waals surface area contributed by atoms with Gasteiger partial charge in [0.15, 0.2) is 5.78 Å². The van der Waals surface area contributed by atoms with E-state index in [4.69, 9.17) is 0 Å². The van der Waals surface area contributed by atoms with Gasteiger partial charge in [-0.1, -0.05) is 28.9 Å². The van der Waals surface area contributed by atoms with E-state index >= 15 is 0 Å². The predicted molar refractivity (Wildman–Crippen MR) is 47.6 cm³/mol. The Balaban J connectivity index is 2.96. The SMILES string of the molecule is CCC(=O)c1[c]ccc(Br)c1. The van der Waals surface area contributed by atoms with Gasteiger partial charge in [0.1, 0.15) is 0 Å². The Morgan fingerprint density at radius 1 is 1.73 bits per heavy atom.